The van der Waals surface area contributed by atoms with E-state index in [9.17, 15) is 9.90 Å². The first-order valence-corrected chi connectivity index (χ1v) is 4.51. The Bertz CT molecular complexity index is 310. The van der Waals surface area contributed by atoms with Crippen LogP contribution < -0.4 is 0 Å². The van der Waals surface area contributed by atoms with E-state index in [2.05, 4.69) is 0 Å². The first kappa shape index (κ1) is 10.2. The summed E-state index contributed by atoms with van der Waals surface area (Å²) in [4.78, 5) is 11.5. The minimum absolute atomic E-state index is 0.312. The molecule has 1 atom stereocenters. The highest BCUT2D eigenvalue weighted by molar-refractivity contribution is 6.34. The topological polar surface area (TPSA) is 37.3 Å². The van der Waals surface area contributed by atoms with Gasteiger partial charge in [-0.3, -0.25) is 4.79 Å². The quantitative estimate of drug-likeness (QED) is 0.757. The Balaban J connectivity index is 2.95. The summed E-state index contributed by atoms with van der Waals surface area (Å²) in [7, 11) is 0. The molecule has 0 radical (unpaired) electrons. The number of halogens is 1. The highest BCUT2D eigenvalue weighted by Gasteiger charge is 2.16. The molecule has 1 N–H and O–H groups in total. The highest BCUT2D eigenvalue weighted by atomic mass is 35.5. The van der Waals surface area contributed by atoms with Crippen molar-refractivity contribution in [1.82, 2.24) is 0 Å². The summed E-state index contributed by atoms with van der Waals surface area (Å²) in [5.74, 6) is -0.312. The van der Waals surface area contributed by atoms with Gasteiger partial charge in [-0.25, -0.2) is 0 Å². The Hall–Kier alpha value is -0.860. The van der Waals surface area contributed by atoms with Crippen LogP contribution in [0.2, 0.25) is 5.02 Å². The first-order valence-electron chi connectivity index (χ1n) is 4.13. The minimum atomic E-state index is -0.945. The molecule has 1 rings (SSSR count). The lowest BCUT2D eigenvalue weighted by atomic mass is 10.0. The van der Waals surface area contributed by atoms with Crippen LogP contribution in [0, 0.1) is 0 Å². The van der Waals surface area contributed by atoms with E-state index in [1.54, 1.807) is 31.2 Å². The lowest BCUT2D eigenvalue weighted by Gasteiger charge is -2.07. The average molecular weight is 199 g/mol. The van der Waals surface area contributed by atoms with Crippen LogP contribution in [0.25, 0.3) is 0 Å². The average Bonchev–Trinajstić information content (AvgIpc) is 2.16. The van der Waals surface area contributed by atoms with Crippen LogP contribution in [0.4, 0.5) is 0 Å². The zero-order valence-corrected chi connectivity index (χ0v) is 8.08. The summed E-state index contributed by atoms with van der Waals surface area (Å²) in [5, 5.41) is 9.69. The van der Waals surface area contributed by atoms with E-state index in [1.807, 2.05) is 0 Å². The number of benzene rings is 1. The molecule has 0 aliphatic heterocycles. The fourth-order valence-electron chi connectivity index (χ4n) is 1.03. The number of aliphatic hydroxyl groups excluding tert-OH is 1. The van der Waals surface area contributed by atoms with Gasteiger partial charge in [0, 0.05) is 5.56 Å². The maximum absolute atomic E-state index is 11.5. The van der Waals surface area contributed by atoms with Gasteiger partial charge in [0.2, 0.25) is 0 Å². The van der Waals surface area contributed by atoms with Crippen LogP contribution in [0.15, 0.2) is 24.3 Å². The number of rotatable bonds is 3. The summed E-state index contributed by atoms with van der Waals surface area (Å²) in [6, 6.07) is 6.72. The molecule has 2 nitrogen and oxygen atoms in total. The lowest BCUT2D eigenvalue weighted by molar-refractivity contribution is 0.0741. The van der Waals surface area contributed by atoms with Crippen LogP contribution in [0.5, 0.6) is 0 Å². The van der Waals surface area contributed by atoms with Crippen molar-refractivity contribution < 1.29 is 9.90 Å². The number of aliphatic hydroxyl groups is 1. The van der Waals surface area contributed by atoms with Gasteiger partial charge in [0.05, 0.1) is 5.02 Å². The molecule has 0 spiro atoms. The summed E-state index contributed by atoms with van der Waals surface area (Å²) < 4.78 is 0. The molecule has 70 valence electrons. The van der Waals surface area contributed by atoms with E-state index in [1.165, 1.54) is 0 Å². The maximum atomic E-state index is 11.5. The highest BCUT2D eigenvalue weighted by Crippen LogP contribution is 2.17. The molecule has 1 aromatic rings. The van der Waals surface area contributed by atoms with Gasteiger partial charge in [-0.05, 0) is 18.6 Å². The minimum Gasteiger partial charge on any atom is -0.385 e. The Morgan fingerprint density at radius 2 is 2.15 bits per heavy atom. The molecular formula is C10H11ClO2. The number of hydrogen-bond donors (Lipinski definition) is 1. The van der Waals surface area contributed by atoms with E-state index in [4.69, 9.17) is 11.6 Å². The van der Waals surface area contributed by atoms with Crippen LogP contribution >= 0.6 is 11.6 Å². The number of carbonyl (C=O) groups is 1. The van der Waals surface area contributed by atoms with E-state index in [0.717, 1.165) is 0 Å². The third-order valence-corrected chi connectivity index (χ3v) is 2.16. The van der Waals surface area contributed by atoms with Crippen molar-refractivity contribution in [2.24, 2.45) is 0 Å². The second-order valence-corrected chi connectivity index (χ2v) is 3.18. The molecule has 0 saturated heterocycles. The largest absolute Gasteiger partial charge is 0.385 e. The second kappa shape index (κ2) is 4.40. The fourth-order valence-corrected chi connectivity index (χ4v) is 1.25. The molecule has 1 unspecified atom stereocenters. The maximum Gasteiger partial charge on any atom is 0.192 e. The van der Waals surface area contributed by atoms with Crippen LogP contribution in [-0.4, -0.2) is 17.0 Å². The van der Waals surface area contributed by atoms with Crippen molar-refractivity contribution >= 4 is 17.4 Å². The molecule has 13 heavy (non-hydrogen) atoms. The van der Waals surface area contributed by atoms with Gasteiger partial charge < -0.3 is 5.11 Å². The normalized spacial score (nSPS) is 12.5. The number of ketones is 1. The van der Waals surface area contributed by atoms with Gasteiger partial charge in [-0.15, -0.1) is 0 Å². The molecule has 0 amide bonds. The van der Waals surface area contributed by atoms with E-state index < -0.39 is 6.10 Å². The summed E-state index contributed by atoms with van der Waals surface area (Å²) >= 11 is 5.79. The Morgan fingerprint density at radius 3 is 2.69 bits per heavy atom. The Kier molecular flexibility index (Phi) is 3.46. The predicted molar refractivity (Wildman–Crippen MR) is 52.1 cm³/mol. The molecule has 1 aromatic carbocycles. The summed E-state index contributed by atoms with van der Waals surface area (Å²) in [6.45, 7) is 1.75. The molecule has 0 fully saturated rings. The van der Waals surface area contributed by atoms with E-state index in [-0.39, 0.29) is 5.78 Å². The van der Waals surface area contributed by atoms with Gasteiger partial charge in [0.15, 0.2) is 5.78 Å². The third-order valence-electron chi connectivity index (χ3n) is 1.83. The predicted octanol–water partition coefficient (Wildman–Crippen LogP) is 2.29. The van der Waals surface area contributed by atoms with Gasteiger partial charge in [-0.1, -0.05) is 30.7 Å². The lowest BCUT2D eigenvalue weighted by Crippen LogP contribution is -2.19. The molecule has 0 bridgehead atoms. The second-order valence-electron chi connectivity index (χ2n) is 2.77. The van der Waals surface area contributed by atoms with Crippen molar-refractivity contribution in [3.8, 4) is 0 Å². The van der Waals surface area contributed by atoms with Crippen molar-refractivity contribution in [3.63, 3.8) is 0 Å². The van der Waals surface area contributed by atoms with Crippen molar-refractivity contribution in [3.05, 3.63) is 34.9 Å². The van der Waals surface area contributed by atoms with Crippen molar-refractivity contribution in [1.29, 1.82) is 0 Å². The molecule has 0 saturated carbocycles. The molecule has 0 heterocycles. The van der Waals surface area contributed by atoms with E-state index >= 15 is 0 Å². The molecule has 0 aromatic heterocycles. The van der Waals surface area contributed by atoms with Crippen LogP contribution in [-0.2, 0) is 0 Å². The summed E-state index contributed by atoms with van der Waals surface area (Å²) in [6.07, 6.45) is -0.538. The first-order chi connectivity index (χ1) is 6.16. The molecule has 0 aliphatic carbocycles. The number of carbonyl (C=O) groups excluding carboxylic acids is 1. The Morgan fingerprint density at radius 1 is 1.54 bits per heavy atom. The molecule has 3 heteroatoms. The molecule has 0 aliphatic rings. The number of hydrogen-bond acceptors (Lipinski definition) is 2. The Labute approximate surface area is 82.2 Å². The number of Topliss-reactive ketones (excluding diaryl/α,β-unsaturated/α-hetero) is 1. The monoisotopic (exact) mass is 198 g/mol. The summed E-state index contributed by atoms with van der Waals surface area (Å²) in [5.41, 5.74) is 0.388. The SMILES string of the molecule is CCC(O)C(=O)c1ccccc1Cl. The van der Waals surface area contributed by atoms with Crippen LogP contribution in [0.3, 0.4) is 0 Å². The van der Waals surface area contributed by atoms with Gasteiger partial charge in [0.1, 0.15) is 6.10 Å². The van der Waals surface area contributed by atoms with Crippen LogP contribution in [0.1, 0.15) is 23.7 Å². The van der Waals surface area contributed by atoms with Crippen molar-refractivity contribution in [2.45, 2.75) is 19.4 Å². The van der Waals surface area contributed by atoms with Crippen molar-refractivity contribution in [2.75, 3.05) is 0 Å². The van der Waals surface area contributed by atoms with E-state index in [0.29, 0.717) is 17.0 Å². The van der Waals surface area contributed by atoms with Gasteiger partial charge >= 0.3 is 0 Å². The smallest absolute Gasteiger partial charge is 0.192 e. The standard InChI is InChI=1S/C10H11ClO2/c1-2-9(12)10(13)7-5-3-4-6-8(7)11/h3-6,9,12H,2H2,1H3. The fraction of sp³-hybridized carbons (Fsp3) is 0.300. The zero-order chi connectivity index (χ0) is 9.84. The zero-order valence-electron chi connectivity index (χ0n) is 7.33. The van der Waals surface area contributed by atoms with Gasteiger partial charge in [-0.2, -0.15) is 0 Å². The third kappa shape index (κ3) is 2.29. The van der Waals surface area contributed by atoms with Gasteiger partial charge in [0.25, 0.3) is 0 Å². The molecular weight excluding hydrogens is 188 g/mol.